The van der Waals surface area contributed by atoms with E-state index in [0.717, 1.165) is 5.39 Å². The molecule has 0 amide bonds. The van der Waals surface area contributed by atoms with Gasteiger partial charge in [0.05, 0.1) is 16.2 Å². The second-order valence-corrected chi connectivity index (χ2v) is 7.78. The molecule has 1 N–H and O–H groups in total. The van der Waals surface area contributed by atoms with E-state index in [2.05, 4.69) is 15.3 Å². The molecule has 118 valence electrons. The maximum atomic E-state index is 6.19. The smallest absolute Gasteiger partial charge is 0.250 e. The number of hydrogen-bond donors (Lipinski definition) is 1. The second kappa shape index (κ2) is 6.50. The van der Waals surface area contributed by atoms with Crippen LogP contribution in [0.3, 0.4) is 0 Å². The first-order valence-corrected chi connectivity index (χ1v) is 8.29. The lowest BCUT2D eigenvalue weighted by Gasteiger charge is -2.15. The fourth-order valence-corrected chi connectivity index (χ4v) is 2.73. The molecule has 3 aromatic rings. The number of anilines is 2. The zero-order valence-electron chi connectivity index (χ0n) is 11.3. The van der Waals surface area contributed by atoms with Gasteiger partial charge in [-0.1, -0.05) is 70.1 Å². The maximum absolute atomic E-state index is 6.19. The van der Waals surface area contributed by atoms with Crippen molar-refractivity contribution in [2.24, 2.45) is 0 Å². The molecule has 3 rings (SSSR count). The van der Waals surface area contributed by atoms with E-state index in [1.54, 1.807) is 18.2 Å². The van der Waals surface area contributed by atoms with Gasteiger partial charge in [-0.25, -0.2) is 9.97 Å². The minimum Gasteiger partial charge on any atom is -0.338 e. The van der Waals surface area contributed by atoms with Crippen LogP contribution in [0, 0.1) is 0 Å². The Morgan fingerprint density at radius 2 is 1.65 bits per heavy atom. The second-order valence-electron chi connectivity index (χ2n) is 4.66. The summed E-state index contributed by atoms with van der Waals surface area (Å²) in [7, 11) is 0. The van der Waals surface area contributed by atoms with Crippen LogP contribution in [-0.4, -0.2) is 9.97 Å². The summed E-state index contributed by atoms with van der Waals surface area (Å²) in [5, 5.41) is 4.90. The van der Waals surface area contributed by atoms with E-state index in [1.165, 1.54) is 0 Å². The molecule has 0 bridgehead atoms. The Labute approximate surface area is 157 Å². The molecular formula is C15H8Cl5N3. The van der Waals surface area contributed by atoms with Gasteiger partial charge in [-0.05, 0) is 30.3 Å². The van der Waals surface area contributed by atoms with Crippen molar-refractivity contribution >= 4 is 80.4 Å². The van der Waals surface area contributed by atoms with Gasteiger partial charge in [0.1, 0.15) is 5.82 Å². The van der Waals surface area contributed by atoms with Gasteiger partial charge in [-0.2, -0.15) is 0 Å². The van der Waals surface area contributed by atoms with Crippen LogP contribution in [0.5, 0.6) is 0 Å². The van der Waals surface area contributed by atoms with E-state index in [9.17, 15) is 0 Å². The summed E-state index contributed by atoms with van der Waals surface area (Å²) in [5.74, 6) is 0.565. The number of benzene rings is 2. The Balaban J connectivity index is 2.15. The molecule has 0 radical (unpaired) electrons. The Morgan fingerprint density at radius 1 is 0.913 bits per heavy atom. The quantitative estimate of drug-likeness (QED) is 0.492. The third kappa shape index (κ3) is 3.76. The monoisotopic (exact) mass is 405 g/mol. The van der Waals surface area contributed by atoms with Crippen LogP contribution in [0.4, 0.5) is 11.5 Å². The number of halogens is 5. The molecule has 1 heterocycles. The number of rotatable bonds is 2. The summed E-state index contributed by atoms with van der Waals surface area (Å²) in [5.41, 5.74) is 1.28. The minimum absolute atomic E-state index is 0.0776. The van der Waals surface area contributed by atoms with Gasteiger partial charge in [0.15, 0.2) is 5.82 Å². The van der Waals surface area contributed by atoms with E-state index < -0.39 is 3.79 Å². The van der Waals surface area contributed by atoms with Gasteiger partial charge >= 0.3 is 0 Å². The van der Waals surface area contributed by atoms with E-state index in [1.807, 2.05) is 24.3 Å². The van der Waals surface area contributed by atoms with Crippen molar-refractivity contribution in [2.45, 2.75) is 3.79 Å². The third-order valence-corrected chi connectivity index (χ3v) is 4.10. The number of nitrogens with zero attached hydrogens (tertiary/aromatic N) is 2. The highest BCUT2D eigenvalue weighted by Crippen LogP contribution is 2.38. The number of nitrogens with one attached hydrogen (secondary N) is 1. The fourth-order valence-electron chi connectivity index (χ4n) is 2.02. The summed E-state index contributed by atoms with van der Waals surface area (Å²) >= 11 is 29.9. The zero-order valence-corrected chi connectivity index (χ0v) is 15.1. The molecule has 0 spiro atoms. The lowest BCUT2D eigenvalue weighted by Crippen LogP contribution is -2.09. The summed E-state index contributed by atoms with van der Waals surface area (Å²) in [4.78, 5) is 8.61. The van der Waals surface area contributed by atoms with Gasteiger partial charge in [-0.15, -0.1) is 0 Å². The topological polar surface area (TPSA) is 37.8 Å². The molecule has 0 unspecified atom stereocenters. The highest BCUT2D eigenvalue weighted by molar-refractivity contribution is 6.66. The zero-order chi connectivity index (χ0) is 16.6. The van der Waals surface area contributed by atoms with Gasteiger partial charge < -0.3 is 5.32 Å². The van der Waals surface area contributed by atoms with Crippen LogP contribution in [-0.2, 0) is 3.79 Å². The summed E-state index contributed by atoms with van der Waals surface area (Å²) in [6.45, 7) is 0. The first-order chi connectivity index (χ1) is 10.8. The minimum atomic E-state index is -1.73. The molecule has 8 heteroatoms. The highest BCUT2D eigenvalue weighted by Gasteiger charge is 2.28. The van der Waals surface area contributed by atoms with Crippen LogP contribution < -0.4 is 5.32 Å². The standard InChI is InChI=1S/C15H8Cl5N3/c16-8-5-6-12(10(17)7-8)21-13-9-3-1-2-4-11(9)22-14(23-13)15(18,19)20/h1-7H,(H,21,22,23). The molecule has 0 aliphatic carbocycles. The van der Waals surface area contributed by atoms with Crippen molar-refractivity contribution in [3.8, 4) is 0 Å². The van der Waals surface area contributed by atoms with Crippen LogP contribution in [0.25, 0.3) is 10.9 Å². The average molecular weight is 408 g/mol. The molecule has 2 aromatic carbocycles. The number of alkyl halides is 3. The van der Waals surface area contributed by atoms with Crippen LogP contribution in [0.1, 0.15) is 5.82 Å². The van der Waals surface area contributed by atoms with Crippen LogP contribution in [0.15, 0.2) is 42.5 Å². The van der Waals surface area contributed by atoms with Gasteiger partial charge in [0, 0.05) is 10.4 Å². The van der Waals surface area contributed by atoms with E-state index in [0.29, 0.717) is 27.1 Å². The molecule has 0 saturated heterocycles. The number of para-hydroxylation sites is 1. The molecule has 0 atom stereocenters. The predicted octanol–water partition coefficient (Wildman–Crippen LogP) is 6.51. The maximum Gasteiger partial charge on any atom is 0.250 e. The molecular weight excluding hydrogens is 399 g/mol. The molecule has 23 heavy (non-hydrogen) atoms. The first-order valence-electron chi connectivity index (χ1n) is 6.40. The van der Waals surface area contributed by atoms with Crippen molar-refractivity contribution in [1.29, 1.82) is 0 Å². The predicted molar refractivity (Wildman–Crippen MR) is 98.5 cm³/mol. The lowest BCUT2D eigenvalue weighted by molar-refractivity contribution is 0.999. The summed E-state index contributed by atoms with van der Waals surface area (Å²) < 4.78 is -1.73. The molecule has 0 saturated carbocycles. The van der Waals surface area contributed by atoms with Crippen LogP contribution >= 0.6 is 58.0 Å². The number of fused-ring (bicyclic) bond motifs is 1. The fraction of sp³-hybridized carbons (Fsp3) is 0.0667. The molecule has 0 aliphatic rings. The van der Waals surface area contributed by atoms with E-state index in [4.69, 9.17) is 58.0 Å². The SMILES string of the molecule is Clc1ccc(Nc2nc(C(Cl)(Cl)Cl)nc3ccccc23)c(Cl)c1. The lowest BCUT2D eigenvalue weighted by atomic mass is 10.2. The highest BCUT2D eigenvalue weighted by atomic mass is 35.6. The molecule has 0 fully saturated rings. The van der Waals surface area contributed by atoms with E-state index >= 15 is 0 Å². The number of aromatic nitrogens is 2. The number of hydrogen-bond acceptors (Lipinski definition) is 3. The van der Waals surface area contributed by atoms with Gasteiger partial charge in [0.25, 0.3) is 0 Å². The Kier molecular flexibility index (Phi) is 4.77. The molecule has 3 nitrogen and oxygen atoms in total. The first kappa shape index (κ1) is 16.9. The molecule has 0 aliphatic heterocycles. The van der Waals surface area contributed by atoms with Gasteiger partial charge in [-0.3, -0.25) is 0 Å². The van der Waals surface area contributed by atoms with Crippen molar-refractivity contribution in [3.63, 3.8) is 0 Å². The van der Waals surface area contributed by atoms with Crippen molar-refractivity contribution in [3.05, 3.63) is 58.3 Å². The normalized spacial score (nSPS) is 11.7. The average Bonchev–Trinajstić information content (AvgIpc) is 2.49. The van der Waals surface area contributed by atoms with Crippen LogP contribution in [0.2, 0.25) is 10.0 Å². The summed E-state index contributed by atoms with van der Waals surface area (Å²) in [6.07, 6.45) is 0. The van der Waals surface area contributed by atoms with Crippen molar-refractivity contribution in [1.82, 2.24) is 9.97 Å². The third-order valence-electron chi connectivity index (χ3n) is 3.04. The Bertz CT molecular complexity index is 877. The van der Waals surface area contributed by atoms with E-state index in [-0.39, 0.29) is 5.82 Å². The van der Waals surface area contributed by atoms with Crippen molar-refractivity contribution < 1.29 is 0 Å². The Hall–Kier alpha value is -0.970. The summed E-state index contributed by atoms with van der Waals surface area (Å²) in [6, 6.07) is 12.5. The van der Waals surface area contributed by atoms with Gasteiger partial charge in [0.2, 0.25) is 3.79 Å². The van der Waals surface area contributed by atoms with Crippen molar-refractivity contribution in [2.75, 3.05) is 5.32 Å². The largest absolute Gasteiger partial charge is 0.338 e. The molecule has 1 aromatic heterocycles. The Morgan fingerprint density at radius 3 is 2.35 bits per heavy atom.